The number of hydrogen-bond donors (Lipinski definition) is 0. The third-order valence-corrected chi connectivity index (χ3v) is 4.69. The molecular weight excluding hydrogens is 272 g/mol. The summed E-state index contributed by atoms with van der Waals surface area (Å²) >= 11 is 2.09. The minimum Gasteiger partial charge on any atom is -0.162 e. The summed E-state index contributed by atoms with van der Waals surface area (Å²) in [5.74, 6) is 2.66. The second-order valence-electron chi connectivity index (χ2n) is 5.75. The smallest absolute Gasteiger partial charge is 0.00676 e. The Morgan fingerprint density at radius 2 is 1.19 bits per heavy atom. The molecule has 0 aliphatic heterocycles. The molecule has 1 heteroatoms. The third-order valence-electron chi connectivity index (χ3n) is 3.70. The van der Waals surface area contributed by atoms with Crippen molar-refractivity contribution >= 4 is 11.8 Å². The molecule has 0 radical (unpaired) electrons. The summed E-state index contributed by atoms with van der Waals surface area (Å²) in [5, 5.41) is 0. The van der Waals surface area contributed by atoms with Crippen molar-refractivity contribution in [2.45, 2.75) is 90.9 Å². The van der Waals surface area contributed by atoms with Crippen LogP contribution in [0.4, 0.5) is 0 Å². The van der Waals surface area contributed by atoms with Gasteiger partial charge in [-0.2, -0.15) is 11.8 Å². The van der Waals surface area contributed by atoms with Gasteiger partial charge < -0.3 is 0 Å². The molecule has 0 aromatic carbocycles. The molecule has 0 aliphatic carbocycles. The molecule has 0 bridgehead atoms. The maximum absolute atomic E-state index is 2.36. The molecule has 21 heavy (non-hydrogen) atoms. The van der Waals surface area contributed by atoms with Gasteiger partial charge in [0.25, 0.3) is 0 Å². The lowest BCUT2D eigenvalue weighted by atomic mass is 10.1. The van der Waals surface area contributed by atoms with Crippen LogP contribution in [0.15, 0.2) is 24.3 Å². The van der Waals surface area contributed by atoms with Crippen molar-refractivity contribution in [2.24, 2.45) is 0 Å². The summed E-state index contributed by atoms with van der Waals surface area (Å²) in [4.78, 5) is 0. The largest absolute Gasteiger partial charge is 0.162 e. The summed E-state index contributed by atoms with van der Waals surface area (Å²) in [6.07, 6.45) is 25.7. The van der Waals surface area contributed by atoms with Crippen molar-refractivity contribution < 1.29 is 0 Å². The van der Waals surface area contributed by atoms with Crippen molar-refractivity contribution in [1.29, 1.82) is 0 Å². The van der Waals surface area contributed by atoms with Crippen LogP contribution >= 0.6 is 11.8 Å². The van der Waals surface area contributed by atoms with Gasteiger partial charge in [0.05, 0.1) is 0 Å². The molecule has 0 fully saturated rings. The van der Waals surface area contributed by atoms with Crippen LogP contribution < -0.4 is 0 Å². The van der Waals surface area contributed by atoms with Gasteiger partial charge in [0.15, 0.2) is 0 Å². The number of unbranched alkanes of at least 4 members (excludes halogenated alkanes) is 9. The summed E-state index contributed by atoms with van der Waals surface area (Å²) < 4.78 is 0. The monoisotopic (exact) mass is 310 g/mol. The summed E-state index contributed by atoms with van der Waals surface area (Å²) in [6.45, 7) is 4.44. The van der Waals surface area contributed by atoms with E-state index < -0.39 is 0 Å². The zero-order chi connectivity index (χ0) is 15.4. The predicted octanol–water partition coefficient (Wildman–Crippen LogP) is 7.55. The molecule has 0 saturated carbocycles. The Morgan fingerprint density at radius 1 is 0.619 bits per heavy atom. The van der Waals surface area contributed by atoms with Crippen molar-refractivity contribution in [2.75, 3.05) is 11.5 Å². The molecule has 124 valence electrons. The molecule has 0 spiro atoms. The second-order valence-corrected chi connectivity index (χ2v) is 7.15. The van der Waals surface area contributed by atoms with Crippen LogP contribution in [0.25, 0.3) is 0 Å². The van der Waals surface area contributed by atoms with Gasteiger partial charge in [0.1, 0.15) is 0 Å². The van der Waals surface area contributed by atoms with Crippen molar-refractivity contribution in [3.63, 3.8) is 0 Å². The molecule has 0 saturated heterocycles. The van der Waals surface area contributed by atoms with Gasteiger partial charge in [-0.3, -0.25) is 0 Å². The Hall–Kier alpha value is -0.170. The van der Waals surface area contributed by atoms with E-state index in [1.54, 1.807) is 0 Å². The molecule has 0 nitrogen and oxygen atoms in total. The molecule has 0 aromatic rings. The van der Waals surface area contributed by atoms with E-state index in [4.69, 9.17) is 0 Å². The van der Waals surface area contributed by atoms with Gasteiger partial charge in [-0.15, -0.1) is 0 Å². The van der Waals surface area contributed by atoms with Crippen LogP contribution in [0.3, 0.4) is 0 Å². The number of thioether (sulfide) groups is 1. The fourth-order valence-electron chi connectivity index (χ4n) is 2.40. The topological polar surface area (TPSA) is 0 Å². The first kappa shape index (κ1) is 20.8. The minimum absolute atomic E-state index is 1.12. The van der Waals surface area contributed by atoms with Gasteiger partial charge >= 0.3 is 0 Å². The highest BCUT2D eigenvalue weighted by atomic mass is 32.2. The van der Waals surface area contributed by atoms with Crippen molar-refractivity contribution in [3.05, 3.63) is 24.3 Å². The number of allylic oxidation sites excluding steroid dienone is 4. The fourth-order valence-corrected chi connectivity index (χ4v) is 3.10. The summed E-state index contributed by atoms with van der Waals surface area (Å²) in [7, 11) is 0. The van der Waals surface area contributed by atoms with E-state index in [1.807, 2.05) is 0 Å². The van der Waals surface area contributed by atoms with E-state index in [1.165, 1.54) is 75.7 Å². The summed E-state index contributed by atoms with van der Waals surface area (Å²) in [6, 6.07) is 0. The molecular formula is C20H38S. The maximum atomic E-state index is 2.36. The quantitative estimate of drug-likeness (QED) is 0.209. The van der Waals surface area contributed by atoms with Gasteiger partial charge in [0.2, 0.25) is 0 Å². The highest BCUT2D eigenvalue weighted by Crippen LogP contribution is 2.12. The molecule has 0 rings (SSSR count). The first-order valence-corrected chi connectivity index (χ1v) is 10.4. The standard InChI is InChI=1S/C20H38S/c1-3-5-6-7-8-9-10-11-12-13-14-15-16-17-18-19-20-21-4-2/h5-6,8-9H,3-4,7,10-20H2,1-2H3/b6-5-,9-8-. The normalized spacial score (nSPS) is 11.9. The molecule has 0 heterocycles. The molecule has 0 N–H and O–H groups in total. The van der Waals surface area contributed by atoms with Crippen LogP contribution in [0.5, 0.6) is 0 Å². The lowest BCUT2D eigenvalue weighted by Crippen LogP contribution is -1.84. The highest BCUT2D eigenvalue weighted by Gasteiger charge is 1.92. The van der Waals surface area contributed by atoms with Crippen molar-refractivity contribution in [1.82, 2.24) is 0 Å². The lowest BCUT2D eigenvalue weighted by Gasteiger charge is -2.02. The first-order valence-electron chi connectivity index (χ1n) is 9.29. The van der Waals surface area contributed by atoms with Crippen LogP contribution in [0, 0.1) is 0 Å². The molecule has 0 atom stereocenters. The molecule has 0 aliphatic rings. The van der Waals surface area contributed by atoms with E-state index in [2.05, 4.69) is 49.9 Å². The van der Waals surface area contributed by atoms with Crippen LogP contribution in [-0.4, -0.2) is 11.5 Å². The van der Waals surface area contributed by atoms with Gasteiger partial charge in [-0.05, 0) is 43.6 Å². The third kappa shape index (κ3) is 19.8. The lowest BCUT2D eigenvalue weighted by molar-refractivity contribution is 0.567. The minimum atomic E-state index is 1.12. The van der Waals surface area contributed by atoms with E-state index >= 15 is 0 Å². The Kier molecular flexibility index (Phi) is 19.7. The Morgan fingerprint density at radius 3 is 1.81 bits per heavy atom. The van der Waals surface area contributed by atoms with Crippen molar-refractivity contribution in [3.8, 4) is 0 Å². The Labute approximate surface area is 138 Å². The van der Waals surface area contributed by atoms with E-state index in [-0.39, 0.29) is 0 Å². The zero-order valence-electron chi connectivity index (χ0n) is 14.6. The van der Waals surface area contributed by atoms with Gasteiger partial charge in [-0.1, -0.05) is 83.1 Å². The predicted molar refractivity (Wildman–Crippen MR) is 102 cm³/mol. The fraction of sp³-hybridized carbons (Fsp3) is 0.800. The van der Waals surface area contributed by atoms with E-state index in [9.17, 15) is 0 Å². The molecule has 0 amide bonds. The van der Waals surface area contributed by atoms with Gasteiger partial charge in [-0.25, -0.2) is 0 Å². The molecule has 0 unspecified atom stereocenters. The van der Waals surface area contributed by atoms with Crippen LogP contribution in [0.2, 0.25) is 0 Å². The molecule has 0 aromatic heterocycles. The SMILES string of the molecule is CC/C=C\C/C=C\CCCCCCCCCCCSCC. The average Bonchev–Trinajstić information content (AvgIpc) is 2.50. The average molecular weight is 311 g/mol. The summed E-state index contributed by atoms with van der Waals surface area (Å²) in [5.41, 5.74) is 0. The highest BCUT2D eigenvalue weighted by molar-refractivity contribution is 7.99. The number of hydrogen-bond acceptors (Lipinski definition) is 1. The Balaban J connectivity index is 3.04. The van der Waals surface area contributed by atoms with Crippen LogP contribution in [0.1, 0.15) is 90.9 Å². The van der Waals surface area contributed by atoms with E-state index in [0.717, 1.165) is 12.8 Å². The second kappa shape index (κ2) is 19.8. The van der Waals surface area contributed by atoms with Crippen LogP contribution in [-0.2, 0) is 0 Å². The van der Waals surface area contributed by atoms with Gasteiger partial charge in [0, 0.05) is 0 Å². The first-order chi connectivity index (χ1) is 10.4. The maximum Gasteiger partial charge on any atom is -0.00676 e. The van der Waals surface area contributed by atoms with E-state index in [0.29, 0.717) is 0 Å². The Bertz CT molecular complexity index is 230. The number of rotatable bonds is 16. The zero-order valence-corrected chi connectivity index (χ0v) is 15.4.